The number of rotatable bonds is 7. The quantitative estimate of drug-likeness (QED) is 0.789. The first-order valence-corrected chi connectivity index (χ1v) is 9.57. The molecule has 25 heavy (non-hydrogen) atoms. The van der Waals surface area contributed by atoms with Gasteiger partial charge in [-0.3, -0.25) is 4.79 Å². The summed E-state index contributed by atoms with van der Waals surface area (Å²) in [7, 11) is 2.44. The lowest BCUT2D eigenvalue weighted by Crippen LogP contribution is -2.23. The first-order valence-electron chi connectivity index (χ1n) is 7.31. The number of thiophene rings is 1. The summed E-state index contributed by atoms with van der Waals surface area (Å²) >= 11 is 1.12. The van der Waals surface area contributed by atoms with E-state index < -0.39 is 10.0 Å². The molecule has 0 saturated heterocycles. The second kappa shape index (κ2) is 7.85. The highest BCUT2D eigenvalue weighted by atomic mass is 32.2. The van der Waals surface area contributed by atoms with Gasteiger partial charge in [0.2, 0.25) is 0 Å². The Morgan fingerprint density at radius 3 is 2.24 bits per heavy atom. The second-order valence-electron chi connectivity index (χ2n) is 5.23. The number of ether oxygens (including phenoxy) is 2. The highest BCUT2D eigenvalue weighted by molar-refractivity contribution is 7.91. The van der Waals surface area contributed by atoms with Gasteiger partial charge in [0.1, 0.15) is 21.3 Å². The Hall–Kier alpha value is -2.10. The lowest BCUT2D eigenvalue weighted by molar-refractivity contribution is 0.0945. The van der Waals surface area contributed by atoms with Crippen LogP contribution in [0.1, 0.15) is 15.2 Å². The zero-order chi connectivity index (χ0) is 18.6. The van der Waals surface area contributed by atoms with E-state index in [1.807, 2.05) is 0 Å². The van der Waals surface area contributed by atoms with Gasteiger partial charge >= 0.3 is 0 Å². The minimum absolute atomic E-state index is 0.202. The Kier molecular flexibility index (Phi) is 6.04. The molecule has 0 fully saturated rings. The van der Waals surface area contributed by atoms with Gasteiger partial charge < -0.3 is 14.8 Å². The molecule has 0 atom stereocenters. The number of nitrogens with zero attached hydrogens (tertiary/aromatic N) is 1. The van der Waals surface area contributed by atoms with Crippen molar-refractivity contribution in [3.8, 4) is 11.5 Å². The second-order valence-corrected chi connectivity index (χ2v) is 8.78. The normalized spacial score (nSPS) is 11.4. The summed E-state index contributed by atoms with van der Waals surface area (Å²) < 4.78 is 36.0. The summed E-state index contributed by atoms with van der Waals surface area (Å²) in [6, 6.07) is 8.28. The number of methoxy groups -OCH3 is 2. The van der Waals surface area contributed by atoms with Crippen LogP contribution < -0.4 is 14.8 Å². The first-order chi connectivity index (χ1) is 11.8. The summed E-state index contributed by atoms with van der Waals surface area (Å²) in [5, 5.41) is 2.76. The molecule has 1 aromatic heterocycles. The van der Waals surface area contributed by atoms with Crippen molar-refractivity contribution in [3.05, 3.63) is 40.8 Å². The SMILES string of the molecule is COc1cccc(OC)c1C(=O)NCc1ccc(S(=O)(=O)N(C)C)s1. The van der Waals surface area contributed by atoms with Crippen molar-refractivity contribution >= 4 is 27.3 Å². The molecule has 0 radical (unpaired) electrons. The van der Waals surface area contributed by atoms with E-state index >= 15 is 0 Å². The zero-order valence-corrected chi connectivity index (χ0v) is 16.0. The Balaban J connectivity index is 2.16. The molecule has 1 N–H and O–H groups in total. The van der Waals surface area contributed by atoms with E-state index in [-0.39, 0.29) is 16.7 Å². The predicted molar refractivity (Wildman–Crippen MR) is 95.9 cm³/mol. The van der Waals surface area contributed by atoms with Crippen LogP contribution in [0.3, 0.4) is 0 Å². The average Bonchev–Trinajstić information content (AvgIpc) is 3.08. The lowest BCUT2D eigenvalue weighted by atomic mass is 10.1. The van der Waals surface area contributed by atoms with E-state index in [0.29, 0.717) is 17.1 Å². The number of benzene rings is 1. The molecule has 0 saturated carbocycles. The maximum Gasteiger partial charge on any atom is 0.259 e. The molecule has 7 nitrogen and oxygen atoms in total. The molecule has 1 heterocycles. The lowest BCUT2D eigenvalue weighted by Gasteiger charge is -2.12. The van der Waals surface area contributed by atoms with Crippen molar-refractivity contribution in [2.45, 2.75) is 10.8 Å². The van der Waals surface area contributed by atoms with E-state index in [9.17, 15) is 13.2 Å². The minimum Gasteiger partial charge on any atom is -0.496 e. The monoisotopic (exact) mass is 384 g/mol. The minimum atomic E-state index is -3.47. The van der Waals surface area contributed by atoms with E-state index in [1.54, 1.807) is 24.3 Å². The fourth-order valence-corrected chi connectivity index (χ4v) is 4.57. The van der Waals surface area contributed by atoms with Crippen molar-refractivity contribution in [2.75, 3.05) is 28.3 Å². The Morgan fingerprint density at radius 1 is 1.12 bits per heavy atom. The van der Waals surface area contributed by atoms with Crippen molar-refractivity contribution < 1.29 is 22.7 Å². The summed E-state index contributed by atoms with van der Waals surface area (Å²) in [5.41, 5.74) is 0.296. The molecule has 2 rings (SSSR count). The largest absolute Gasteiger partial charge is 0.496 e. The summed E-state index contributed by atoms with van der Waals surface area (Å²) in [6.45, 7) is 0.202. The molecule has 0 spiro atoms. The summed E-state index contributed by atoms with van der Waals surface area (Å²) in [6.07, 6.45) is 0. The van der Waals surface area contributed by atoms with Crippen LogP contribution in [0.25, 0.3) is 0 Å². The number of hydrogen-bond donors (Lipinski definition) is 1. The topological polar surface area (TPSA) is 84.9 Å². The predicted octanol–water partition coefficient (Wildman–Crippen LogP) is 1.95. The first kappa shape index (κ1) is 19.2. The van der Waals surface area contributed by atoms with Gasteiger partial charge in [0.05, 0.1) is 20.8 Å². The van der Waals surface area contributed by atoms with E-state index in [4.69, 9.17) is 9.47 Å². The van der Waals surface area contributed by atoms with Crippen LogP contribution in [0.4, 0.5) is 0 Å². The smallest absolute Gasteiger partial charge is 0.259 e. The number of sulfonamides is 1. The summed E-state index contributed by atoms with van der Waals surface area (Å²) in [5.74, 6) is 0.442. The Morgan fingerprint density at radius 2 is 1.72 bits per heavy atom. The molecular formula is C16H20N2O5S2. The van der Waals surface area contributed by atoms with Gasteiger partial charge in [0.25, 0.3) is 15.9 Å². The Labute approximate surface area is 151 Å². The highest BCUT2D eigenvalue weighted by Gasteiger charge is 2.21. The van der Waals surface area contributed by atoms with Gasteiger partial charge in [-0.05, 0) is 24.3 Å². The van der Waals surface area contributed by atoms with Crippen molar-refractivity contribution in [2.24, 2.45) is 0 Å². The third kappa shape index (κ3) is 4.12. The van der Waals surface area contributed by atoms with E-state index in [2.05, 4.69) is 5.32 Å². The van der Waals surface area contributed by atoms with Crippen LogP contribution in [-0.2, 0) is 16.6 Å². The van der Waals surface area contributed by atoms with Crippen molar-refractivity contribution in [1.82, 2.24) is 9.62 Å². The number of carbonyl (C=O) groups excluding carboxylic acids is 1. The Bertz CT molecular complexity index is 837. The molecule has 0 unspecified atom stereocenters. The van der Waals surface area contributed by atoms with Crippen LogP contribution in [0, 0.1) is 0 Å². The maximum absolute atomic E-state index is 12.5. The van der Waals surface area contributed by atoms with Crippen LogP contribution in [-0.4, -0.2) is 46.9 Å². The number of carbonyl (C=O) groups is 1. The van der Waals surface area contributed by atoms with Gasteiger partial charge in [-0.2, -0.15) is 0 Å². The average molecular weight is 384 g/mol. The third-order valence-electron chi connectivity index (χ3n) is 3.45. The van der Waals surface area contributed by atoms with Crippen LogP contribution >= 0.6 is 11.3 Å². The van der Waals surface area contributed by atoms with Crippen LogP contribution in [0.2, 0.25) is 0 Å². The van der Waals surface area contributed by atoms with Crippen LogP contribution in [0.5, 0.6) is 11.5 Å². The molecule has 0 bridgehead atoms. The number of nitrogens with one attached hydrogen (secondary N) is 1. The molecule has 0 aliphatic rings. The fraction of sp³-hybridized carbons (Fsp3) is 0.312. The summed E-state index contributed by atoms with van der Waals surface area (Å²) in [4.78, 5) is 13.2. The molecule has 1 aromatic carbocycles. The van der Waals surface area contributed by atoms with Gasteiger partial charge in [-0.15, -0.1) is 11.3 Å². The molecule has 2 aromatic rings. The standard InChI is InChI=1S/C16H20N2O5S2/c1-18(2)25(20,21)14-9-8-11(24-14)10-17-16(19)15-12(22-3)6-5-7-13(15)23-4/h5-9H,10H2,1-4H3,(H,17,19). The van der Waals surface area contributed by atoms with E-state index in [1.165, 1.54) is 34.4 Å². The maximum atomic E-state index is 12.5. The van der Waals surface area contributed by atoms with Gasteiger partial charge in [0.15, 0.2) is 0 Å². The molecular weight excluding hydrogens is 364 g/mol. The molecule has 9 heteroatoms. The molecule has 0 aliphatic heterocycles. The molecule has 1 amide bonds. The third-order valence-corrected chi connectivity index (χ3v) is 6.82. The van der Waals surface area contributed by atoms with Gasteiger partial charge in [0, 0.05) is 19.0 Å². The molecule has 136 valence electrons. The number of amides is 1. The highest BCUT2D eigenvalue weighted by Crippen LogP contribution is 2.28. The zero-order valence-electron chi connectivity index (χ0n) is 14.4. The van der Waals surface area contributed by atoms with E-state index in [0.717, 1.165) is 20.5 Å². The molecule has 0 aliphatic carbocycles. The van der Waals surface area contributed by atoms with Crippen molar-refractivity contribution in [1.29, 1.82) is 0 Å². The van der Waals surface area contributed by atoms with Gasteiger partial charge in [-0.25, -0.2) is 12.7 Å². The fourth-order valence-electron chi connectivity index (χ4n) is 2.10. The van der Waals surface area contributed by atoms with Gasteiger partial charge in [-0.1, -0.05) is 6.07 Å². The van der Waals surface area contributed by atoms with Crippen molar-refractivity contribution in [3.63, 3.8) is 0 Å². The number of hydrogen-bond acceptors (Lipinski definition) is 6. The van der Waals surface area contributed by atoms with Crippen LogP contribution in [0.15, 0.2) is 34.5 Å².